The van der Waals surface area contributed by atoms with Crippen LogP contribution in [0.1, 0.15) is 19.4 Å². The highest BCUT2D eigenvalue weighted by Gasteiger charge is 2.41. The van der Waals surface area contributed by atoms with Gasteiger partial charge in [0.15, 0.2) is 0 Å². The lowest BCUT2D eigenvalue weighted by Crippen LogP contribution is -2.33. The van der Waals surface area contributed by atoms with Crippen LogP contribution in [0.4, 0.5) is 15.8 Å². The molecule has 156 valence electrons. The van der Waals surface area contributed by atoms with Crippen molar-refractivity contribution in [1.82, 2.24) is 0 Å². The number of anilines is 2. The van der Waals surface area contributed by atoms with Crippen LogP contribution in [0.5, 0.6) is 5.75 Å². The van der Waals surface area contributed by atoms with E-state index in [1.165, 1.54) is 18.2 Å². The molecule has 1 heterocycles. The minimum Gasteiger partial charge on any atom is -0.491 e. The molecule has 0 unspecified atom stereocenters. The zero-order valence-corrected chi connectivity index (χ0v) is 17.1. The van der Waals surface area contributed by atoms with Gasteiger partial charge in [-0.2, -0.15) is 0 Å². The molecule has 0 radical (unpaired) electrons. The van der Waals surface area contributed by atoms with Crippen LogP contribution in [0.3, 0.4) is 0 Å². The zero-order valence-electron chi connectivity index (χ0n) is 17.1. The summed E-state index contributed by atoms with van der Waals surface area (Å²) in [6, 6.07) is 21.7. The Morgan fingerprint density at radius 2 is 1.48 bits per heavy atom. The third-order valence-electron chi connectivity index (χ3n) is 4.74. The number of carbonyl (C=O) groups is 2. The Kier molecular flexibility index (Phi) is 5.54. The molecule has 1 N–H and O–H groups in total. The number of halogens is 1. The predicted octanol–water partition coefficient (Wildman–Crippen LogP) is 5.01. The third-order valence-corrected chi connectivity index (χ3v) is 4.74. The van der Waals surface area contributed by atoms with Gasteiger partial charge >= 0.3 is 0 Å². The van der Waals surface area contributed by atoms with Gasteiger partial charge in [0.05, 0.1) is 17.4 Å². The minimum atomic E-state index is -0.645. The number of benzene rings is 3. The van der Waals surface area contributed by atoms with Crippen molar-refractivity contribution < 1.29 is 18.7 Å². The third kappa shape index (κ3) is 4.05. The Bertz CT molecular complexity index is 1150. The molecular formula is C25H21FN2O3. The molecule has 3 aromatic rings. The van der Waals surface area contributed by atoms with Gasteiger partial charge in [0.2, 0.25) is 0 Å². The molecule has 0 aliphatic carbocycles. The van der Waals surface area contributed by atoms with Gasteiger partial charge in [0.1, 0.15) is 17.3 Å². The molecule has 1 aliphatic heterocycles. The summed E-state index contributed by atoms with van der Waals surface area (Å²) in [6.07, 6.45) is 0.0366. The number of para-hydroxylation sites is 1. The van der Waals surface area contributed by atoms with Gasteiger partial charge in [0.25, 0.3) is 11.8 Å². The van der Waals surface area contributed by atoms with Gasteiger partial charge in [0, 0.05) is 5.69 Å². The molecule has 0 saturated heterocycles. The lowest BCUT2D eigenvalue weighted by molar-refractivity contribution is -0.120. The first-order valence-corrected chi connectivity index (χ1v) is 9.92. The number of nitrogens with one attached hydrogen (secondary N) is 1. The maximum Gasteiger partial charge on any atom is 0.282 e. The number of hydrogen-bond donors (Lipinski definition) is 1. The molecule has 0 aromatic heterocycles. The molecular weight excluding hydrogens is 395 g/mol. The number of rotatable bonds is 6. The second-order valence-corrected chi connectivity index (χ2v) is 7.33. The number of imide groups is 1. The van der Waals surface area contributed by atoms with Gasteiger partial charge in [-0.05, 0) is 55.8 Å². The standard InChI is InChI=1S/C25H21FN2O3/c1-16(2)31-19-14-12-18(13-15-19)27-23-22(17-8-4-3-5-9-17)24(29)28(25(23)30)21-11-7-6-10-20(21)26/h3-16,27H,1-2H3. The fourth-order valence-electron chi connectivity index (χ4n) is 3.40. The summed E-state index contributed by atoms with van der Waals surface area (Å²) in [5.41, 5.74) is 1.38. The van der Waals surface area contributed by atoms with Crippen molar-refractivity contribution in [3.8, 4) is 5.75 Å². The fourth-order valence-corrected chi connectivity index (χ4v) is 3.40. The van der Waals surface area contributed by atoms with E-state index in [9.17, 15) is 14.0 Å². The normalized spacial score (nSPS) is 13.9. The van der Waals surface area contributed by atoms with Gasteiger partial charge in [-0.1, -0.05) is 42.5 Å². The molecule has 6 heteroatoms. The number of ether oxygens (including phenoxy) is 1. The first kappa shape index (κ1) is 20.3. The summed E-state index contributed by atoms with van der Waals surface area (Å²) < 4.78 is 20.1. The number of carbonyl (C=O) groups excluding carboxylic acids is 2. The molecule has 1 aliphatic rings. The van der Waals surface area contributed by atoms with E-state index in [-0.39, 0.29) is 23.1 Å². The highest BCUT2D eigenvalue weighted by molar-refractivity contribution is 6.46. The number of nitrogens with zero attached hydrogens (tertiary/aromatic N) is 1. The van der Waals surface area contributed by atoms with E-state index in [1.54, 1.807) is 54.6 Å². The van der Waals surface area contributed by atoms with Gasteiger partial charge in [-0.25, -0.2) is 9.29 Å². The average Bonchev–Trinajstić information content (AvgIpc) is 3.00. The van der Waals surface area contributed by atoms with Gasteiger partial charge in [-0.3, -0.25) is 9.59 Å². The van der Waals surface area contributed by atoms with E-state index in [0.29, 0.717) is 17.0 Å². The number of amides is 2. The minimum absolute atomic E-state index is 0.0366. The molecule has 0 fully saturated rings. The number of hydrogen-bond acceptors (Lipinski definition) is 4. The van der Waals surface area contributed by atoms with Crippen molar-refractivity contribution >= 4 is 28.8 Å². The summed E-state index contributed by atoms with van der Waals surface area (Å²) in [6.45, 7) is 3.87. The van der Waals surface area contributed by atoms with Crippen LogP contribution in [-0.4, -0.2) is 17.9 Å². The molecule has 31 heavy (non-hydrogen) atoms. The summed E-state index contributed by atoms with van der Waals surface area (Å²) in [5.74, 6) is -1.15. The molecule has 0 spiro atoms. The fraction of sp³-hybridized carbons (Fsp3) is 0.120. The maximum atomic E-state index is 14.4. The van der Waals surface area contributed by atoms with E-state index in [0.717, 1.165) is 4.90 Å². The van der Waals surface area contributed by atoms with Crippen LogP contribution < -0.4 is 15.0 Å². The van der Waals surface area contributed by atoms with E-state index in [1.807, 2.05) is 19.9 Å². The quantitative estimate of drug-likeness (QED) is 0.574. The summed E-state index contributed by atoms with van der Waals surface area (Å²) in [4.78, 5) is 27.4. The van der Waals surface area contributed by atoms with Crippen LogP contribution in [-0.2, 0) is 9.59 Å². The van der Waals surface area contributed by atoms with Crippen molar-refractivity contribution in [2.24, 2.45) is 0 Å². The largest absolute Gasteiger partial charge is 0.491 e. The van der Waals surface area contributed by atoms with Crippen molar-refractivity contribution in [1.29, 1.82) is 0 Å². The second-order valence-electron chi connectivity index (χ2n) is 7.33. The van der Waals surface area contributed by atoms with Gasteiger partial charge < -0.3 is 10.1 Å². The monoisotopic (exact) mass is 416 g/mol. The lowest BCUT2D eigenvalue weighted by Gasteiger charge is -2.16. The Morgan fingerprint density at radius 3 is 2.13 bits per heavy atom. The van der Waals surface area contributed by atoms with Crippen molar-refractivity contribution in [3.05, 3.63) is 95.9 Å². The average molecular weight is 416 g/mol. The Hall–Kier alpha value is -3.93. The van der Waals surface area contributed by atoms with Crippen molar-refractivity contribution in [2.75, 3.05) is 10.2 Å². The Morgan fingerprint density at radius 1 is 0.839 bits per heavy atom. The first-order valence-electron chi connectivity index (χ1n) is 9.92. The van der Waals surface area contributed by atoms with E-state index < -0.39 is 17.6 Å². The molecule has 0 saturated carbocycles. The molecule has 0 atom stereocenters. The topological polar surface area (TPSA) is 58.6 Å². The van der Waals surface area contributed by atoms with Crippen LogP contribution >= 0.6 is 0 Å². The maximum absolute atomic E-state index is 14.4. The molecule has 2 amide bonds. The summed E-state index contributed by atoms with van der Waals surface area (Å²) in [5, 5.41) is 3.06. The van der Waals surface area contributed by atoms with Crippen molar-refractivity contribution in [2.45, 2.75) is 20.0 Å². The van der Waals surface area contributed by atoms with E-state index in [2.05, 4.69) is 5.32 Å². The molecule has 5 nitrogen and oxygen atoms in total. The highest BCUT2D eigenvalue weighted by atomic mass is 19.1. The van der Waals surface area contributed by atoms with Crippen molar-refractivity contribution in [3.63, 3.8) is 0 Å². The second kappa shape index (κ2) is 8.44. The van der Waals surface area contributed by atoms with Gasteiger partial charge in [-0.15, -0.1) is 0 Å². The Balaban J connectivity index is 1.74. The summed E-state index contributed by atoms with van der Waals surface area (Å²) in [7, 11) is 0. The molecule has 0 bridgehead atoms. The Labute approximate surface area is 179 Å². The molecule has 4 rings (SSSR count). The van der Waals surface area contributed by atoms with Crippen LogP contribution in [0.15, 0.2) is 84.6 Å². The van der Waals surface area contributed by atoms with E-state index >= 15 is 0 Å². The highest BCUT2D eigenvalue weighted by Crippen LogP contribution is 2.34. The SMILES string of the molecule is CC(C)Oc1ccc(NC2=C(c3ccccc3)C(=O)N(c3ccccc3F)C2=O)cc1. The summed E-state index contributed by atoms with van der Waals surface area (Å²) >= 11 is 0. The van der Waals surface area contributed by atoms with Crippen LogP contribution in [0.2, 0.25) is 0 Å². The molecule has 3 aromatic carbocycles. The lowest BCUT2D eigenvalue weighted by atomic mass is 10.0. The zero-order chi connectivity index (χ0) is 22.0. The predicted molar refractivity (Wildman–Crippen MR) is 118 cm³/mol. The van der Waals surface area contributed by atoms with Crippen LogP contribution in [0, 0.1) is 5.82 Å². The smallest absolute Gasteiger partial charge is 0.282 e. The van der Waals surface area contributed by atoms with Crippen LogP contribution in [0.25, 0.3) is 5.57 Å². The first-order chi connectivity index (χ1) is 15.0. The van der Waals surface area contributed by atoms with E-state index in [4.69, 9.17) is 4.74 Å².